The number of hydrogen-bond acceptors (Lipinski definition) is 2. The van der Waals surface area contributed by atoms with Crippen LogP contribution in [-0.4, -0.2) is 13.1 Å². The van der Waals surface area contributed by atoms with Crippen LogP contribution in [0.3, 0.4) is 0 Å². The molecule has 0 spiro atoms. The van der Waals surface area contributed by atoms with Crippen molar-refractivity contribution in [2.24, 2.45) is 5.92 Å². The minimum absolute atomic E-state index is 0.0849. The third-order valence-electron chi connectivity index (χ3n) is 2.12. The molecule has 2 heteroatoms. The van der Waals surface area contributed by atoms with Crippen LogP contribution >= 0.6 is 0 Å². The lowest BCUT2D eigenvalue weighted by Gasteiger charge is -2.08. The van der Waals surface area contributed by atoms with E-state index in [9.17, 15) is 4.79 Å². The molecule has 0 aromatic carbocycles. The molecule has 0 radical (unpaired) electrons. The minimum Gasteiger partial charge on any atom is -0.469 e. The number of rotatable bonds is 6. The molecule has 0 bridgehead atoms. The Hall–Kier alpha value is -0.530. The first-order chi connectivity index (χ1) is 5.70. The molecule has 0 saturated heterocycles. The van der Waals surface area contributed by atoms with Crippen molar-refractivity contribution in [2.45, 2.75) is 46.0 Å². The Morgan fingerprint density at radius 3 is 2.58 bits per heavy atom. The van der Waals surface area contributed by atoms with Crippen LogP contribution in [-0.2, 0) is 9.53 Å². The molecule has 0 fully saturated rings. The fourth-order valence-electron chi connectivity index (χ4n) is 1.16. The Morgan fingerprint density at radius 1 is 1.42 bits per heavy atom. The van der Waals surface area contributed by atoms with Crippen molar-refractivity contribution in [3.05, 3.63) is 0 Å². The van der Waals surface area contributed by atoms with E-state index in [0.717, 1.165) is 6.42 Å². The SMILES string of the molecule is CCCCC(C)CCC(=O)OC. The average molecular weight is 172 g/mol. The Balaban J connectivity index is 3.30. The van der Waals surface area contributed by atoms with Gasteiger partial charge in [-0.2, -0.15) is 0 Å². The largest absolute Gasteiger partial charge is 0.469 e. The summed E-state index contributed by atoms with van der Waals surface area (Å²) in [6.45, 7) is 4.38. The number of methoxy groups -OCH3 is 1. The van der Waals surface area contributed by atoms with Gasteiger partial charge in [-0.15, -0.1) is 0 Å². The van der Waals surface area contributed by atoms with E-state index >= 15 is 0 Å². The summed E-state index contributed by atoms with van der Waals surface area (Å²) in [5.74, 6) is 0.572. The van der Waals surface area contributed by atoms with Gasteiger partial charge in [-0.3, -0.25) is 4.79 Å². The summed E-state index contributed by atoms with van der Waals surface area (Å²) >= 11 is 0. The third-order valence-corrected chi connectivity index (χ3v) is 2.12. The van der Waals surface area contributed by atoms with E-state index in [-0.39, 0.29) is 5.97 Å². The number of ether oxygens (including phenoxy) is 1. The second-order valence-electron chi connectivity index (χ2n) is 3.36. The van der Waals surface area contributed by atoms with Gasteiger partial charge >= 0.3 is 5.97 Å². The molecule has 0 aliphatic carbocycles. The molecule has 72 valence electrons. The van der Waals surface area contributed by atoms with Crippen LogP contribution in [0.25, 0.3) is 0 Å². The van der Waals surface area contributed by atoms with E-state index in [0.29, 0.717) is 12.3 Å². The summed E-state index contributed by atoms with van der Waals surface area (Å²) in [4.78, 5) is 10.8. The molecule has 0 aliphatic heterocycles. The van der Waals surface area contributed by atoms with Gasteiger partial charge in [-0.25, -0.2) is 0 Å². The second kappa shape index (κ2) is 7.14. The molecule has 0 aromatic heterocycles. The molecular weight excluding hydrogens is 152 g/mol. The molecule has 0 N–H and O–H groups in total. The number of unbranched alkanes of at least 4 members (excludes halogenated alkanes) is 1. The molecule has 0 saturated carbocycles. The second-order valence-corrected chi connectivity index (χ2v) is 3.36. The van der Waals surface area contributed by atoms with Crippen LogP contribution in [0.2, 0.25) is 0 Å². The number of esters is 1. The van der Waals surface area contributed by atoms with Gasteiger partial charge < -0.3 is 4.74 Å². The highest BCUT2D eigenvalue weighted by atomic mass is 16.5. The minimum atomic E-state index is -0.0849. The maximum atomic E-state index is 10.8. The summed E-state index contributed by atoms with van der Waals surface area (Å²) in [5, 5.41) is 0. The van der Waals surface area contributed by atoms with Crippen molar-refractivity contribution in [2.75, 3.05) is 7.11 Å². The Kier molecular flexibility index (Phi) is 6.82. The normalized spacial score (nSPS) is 12.6. The van der Waals surface area contributed by atoms with Crippen molar-refractivity contribution in [3.8, 4) is 0 Å². The van der Waals surface area contributed by atoms with Crippen molar-refractivity contribution in [3.63, 3.8) is 0 Å². The van der Waals surface area contributed by atoms with Gasteiger partial charge in [0.2, 0.25) is 0 Å². The zero-order chi connectivity index (χ0) is 9.40. The quantitative estimate of drug-likeness (QED) is 0.576. The molecular formula is C10H20O2. The summed E-state index contributed by atoms with van der Waals surface area (Å²) in [7, 11) is 1.44. The third kappa shape index (κ3) is 6.20. The van der Waals surface area contributed by atoms with Crippen LogP contribution in [0.4, 0.5) is 0 Å². The monoisotopic (exact) mass is 172 g/mol. The highest BCUT2D eigenvalue weighted by Gasteiger charge is 2.05. The van der Waals surface area contributed by atoms with E-state index in [1.54, 1.807) is 0 Å². The Morgan fingerprint density at radius 2 is 2.08 bits per heavy atom. The Bertz CT molecular complexity index is 121. The zero-order valence-electron chi connectivity index (χ0n) is 8.43. The lowest BCUT2D eigenvalue weighted by molar-refractivity contribution is -0.140. The van der Waals surface area contributed by atoms with Gasteiger partial charge in [0.1, 0.15) is 0 Å². The van der Waals surface area contributed by atoms with Crippen molar-refractivity contribution < 1.29 is 9.53 Å². The van der Waals surface area contributed by atoms with E-state index in [1.807, 2.05) is 0 Å². The first kappa shape index (κ1) is 11.5. The lowest BCUT2D eigenvalue weighted by atomic mass is 9.99. The van der Waals surface area contributed by atoms with Crippen LogP contribution in [0.1, 0.15) is 46.0 Å². The average Bonchev–Trinajstić information content (AvgIpc) is 2.10. The topological polar surface area (TPSA) is 26.3 Å². The van der Waals surface area contributed by atoms with Gasteiger partial charge in [0.15, 0.2) is 0 Å². The predicted molar refractivity (Wildman–Crippen MR) is 49.9 cm³/mol. The maximum Gasteiger partial charge on any atom is 0.305 e. The molecule has 2 nitrogen and oxygen atoms in total. The van der Waals surface area contributed by atoms with Crippen LogP contribution in [0, 0.1) is 5.92 Å². The first-order valence-electron chi connectivity index (χ1n) is 4.77. The standard InChI is InChI=1S/C10H20O2/c1-4-5-6-9(2)7-8-10(11)12-3/h9H,4-8H2,1-3H3. The van der Waals surface area contributed by atoms with Gasteiger partial charge in [0.25, 0.3) is 0 Å². The van der Waals surface area contributed by atoms with Crippen LogP contribution in [0.15, 0.2) is 0 Å². The Labute approximate surface area is 75.3 Å². The summed E-state index contributed by atoms with van der Waals surface area (Å²) in [6, 6.07) is 0. The molecule has 0 aliphatic rings. The molecule has 0 aromatic rings. The lowest BCUT2D eigenvalue weighted by Crippen LogP contribution is -2.03. The molecule has 12 heavy (non-hydrogen) atoms. The van der Waals surface area contributed by atoms with Gasteiger partial charge in [0, 0.05) is 6.42 Å². The maximum absolute atomic E-state index is 10.8. The van der Waals surface area contributed by atoms with Crippen LogP contribution < -0.4 is 0 Å². The van der Waals surface area contributed by atoms with E-state index < -0.39 is 0 Å². The zero-order valence-corrected chi connectivity index (χ0v) is 8.43. The summed E-state index contributed by atoms with van der Waals surface area (Å²) < 4.78 is 4.57. The predicted octanol–water partition coefficient (Wildman–Crippen LogP) is 2.77. The summed E-state index contributed by atoms with van der Waals surface area (Å²) in [5.41, 5.74) is 0. The fraction of sp³-hybridized carbons (Fsp3) is 0.900. The van der Waals surface area contributed by atoms with Gasteiger partial charge in [-0.05, 0) is 12.3 Å². The molecule has 0 amide bonds. The van der Waals surface area contributed by atoms with E-state index in [1.165, 1.54) is 26.4 Å². The molecule has 0 heterocycles. The highest BCUT2D eigenvalue weighted by molar-refractivity contribution is 5.69. The van der Waals surface area contributed by atoms with Gasteiger partial charge in [0.05, 0.1) is 7.11 Å². The summed E-state index contributed by atoms with van der Waals surface area (Å²) in [6.07, 6.45) is 5.27. The molecule has 0 rings (SSSR count). The van der Waals surface area contributed by atoms with Crippen molar-refractivity contribution in [1.29, 1.82) is 0 Å². The highest BCUT2D eigenvalue weighted by Crippen LogP contribution is 2.13. The van der Waals surface area contributed by atoms with Crippen molar-refractivity contribution >= 4 is 5.97 Å². The van der Waals surface area contributed by atoms with Crippen LogP contribution in [0.5, 0.6) is 0 Å². The number of carbonyl (C=O) groups excluding carboxylic acids is 1. The van der Waals surface area contributed by atoms with Crippen molar-refractivity contribution in [1.82, 2.24) is 0 Å². The number of hydrogen-bond donors (Lipinski definition) is 0. The van der Waals surface area contributed by atoms with E-state index in [2.05, 4.69) is 18.6 Å². The molecule has 1 atom stereocenters. The van der Waals surface area contributed by atoms with E-state index in [4.69, 9.17) is 0 Å². The fourth-order valence-corrected chi connectivity index (χ4v) is 1.16. The number of carbonyl (C=O) groups is 1. The molecule has 1 unspecified atom stereocenters. The smallest absolute Gasteiger partial charge is 0.305 e. The first-order valence-corrected chi connectivity index (χ1v) is 4.77. The van der Waals surface area contributed by atoms with Gasteiger partial charge in [-0.1, -0.05) is 33.1 Å².